The second-order valence-corrected chi connectivity index (χ2v) is 9.12. The highest BCUT2D eigenvalue weighted by Crippen LogP contribution is 2.23. The first-order chi connectivity index (χ1) is 16.8. The van der Waals surface area contributed by atoms with Crippen LogP contribution in [0.4, 0.5) is 0 Å². The second-order valence-electron chi connectivity index (χ2n) is 9.12. The van der Waals surface area contributed by atoms with Gasteiger partial charge in [-0.15, -0.1) is 0 Å². The Morgan fingerprint density at radius 1 is 1.03 bits per heavy atom. The first-order valence-electron chi connectivity index (χ1n) is 12.1. The van der Waals surface area contributed by atoms with Crippen LogP contribution in [-0.2, 0) is 30.8 Å². The standard InChI is InChI=1S/C29H37N3O3/c1-5-35-28-12-11-23(19-32(4)18-22-9-7-6-8-10-22)15-24(28)17-31-29(34)27(30)16-26-20(2)13-25(33)14-21(26)3/h6-15,27,33H,5,16-19,30H2,1-4H3,(H,31,34)/t27-/m0/s1. The third-order valence-corrected chi connectivity index (χ3v) is 6.07. The minimum Gasteiger partial charge on any atom is -0.508 e. The normalized spacial score (nSPS) is 11.9. The average molecular weight is 476 g/mol. The van der Waals surface area contributed by atoms with E-state index in [1.165, 1.54) is 5.56 Å². The molecule has 3 aromatic rings. The van der Waals surface area contributed by atoms with Gasteiger partial charge in [0.1, 0.15) is 11.5 Å². The third-order valence-electron chi connectivity index (χ3n) is 6.07. The maximum Gasteiger partial charge on any atom is 0.237 e. The van der Waals surface area contributed by atoms with Gasteiger partial charge < -0.3 is 20.9 Å². The van der Waals surface area contributed by atoms with Crippen molar-refractivity contribution in [2.75, 3.05) is 13.7 Å². The van der Waals surface area contributed by atoms with Crippen LogP contribution in [0.5, 0.6) is 11.5 Å². The van der Waals surface area contributed by atoms with Gasteiger partial charge >= 0.3 is 0 Å². The van der Waals surface area contributed by atoms with Crippen LogP contribution in [0.2, 0.25) is 0 Å². The predicted molar refractivity (Wildman–Crippen MR) is 140 cm³/mol. The summed E-state index contributed by atoms with van der Waals surface area (Å²) in [4.78, 5) is 15.1. The fourth-order valence-corrected chi connectivity index (χ4v) is 4.35. The van der Waals surface area contributed by atoms with Gasteiger partial charge in [0.25, 0.3) is 0 Å². The molecule has 0 aromatic heterocycles. The number of amides is 1. The molecule has 6 nitrogen and oxygen atoms in total. The quantitative estimate of drug-likeness (QED) is 0.386. The molecule has 35 heavy (non-hydrogen) atoms. The number of hydrogen-bond acceptors (Lipinski definition) is 5. The van der Waals surface area contributed by atoms with E-state index in [9.17, 15) is 9.90 Å². The summed E-state index contributed by atoms with van der Waals surface area (Å²) in [7, 11) is 2.09. The lowest BCUT2D eigenvalue weighted by molar-refractivity contribution is -0.122. The second kappa shape index (κ2) is 12.4. The maximum absolute atomic E-state index is 12.8. The Balaban J connectivity index is 1.65. The molecule has 4 N–H and O–H groups in total. The Hall–Kier alpha value is -3.35. The number of nitrogens with zero attached hydrogens (tertiary/aromatic N) is 1. The third kappa shape index (κ3) is 7.57. The number of phenols is 1. The van der Waals surface area contributed by atoms with E-state index in [1.807, 2.05) is 32.9 Å². The molecular formula is C29H37N3O3. The van der Waals surface area contributed by atoms with E-state index in [0.29, 0.717) is 19.6 Å². The van der Waals surface area contributed by atoms with Crippen LogP contribution in [0.15, 0.2) is 60.7 Å². The number of nitrogens with two attached hydrogens (primary N) is 1. The van der Waals surface area contributed by atoms with Crippen molar-refractivity contribution in [1.29, 1.82) is 0 Å². The number of benzene rings is 3. The summed E-state index contributed by atoms with van der Waals surface area (Å²) < 4.78 is 5.80. The monoisotopic (exact) mass is 475 g/mol. The molecule has 0 fully saturated rings. The molecule has 0 aliphatic heterocycles. The minimum absolute atomic E-state index is 0.217. The predicted octanol–water partition coefficient (Wildman–Crippen LogP) is 4.23. The molecule has 6 heteroatoms. The van der Waals surface area contributed by atoms with Gasteiger partial charge in [-0.05, 0) is 86.3 Å². The summed E-state index contributed by atoms with van der Waals surface area (Å²) in [6.45, 7) is 8.30. The van der Waals surface area contributed by atoms with Crippen molar-refractivity contribution >= 4 is 5.91 Å². The summed E-state index contributed by atoms with van der Waals surface area (Å²) in [6.07, 6.45) is 0.409. The molecule has 3 aromatic carbocycles. The SMILES string of the molecule is CCOc1ccc(CN(C)Cc2ccccc2)cc1CNC(=O)[C@@H](N)Cc1c(C)cc(O)cc1C. The van der Waals surface area contributed by atoms with E-state index in [0.717, 1.165) is 46.7 Å². The number of hydrogen-bond donors (Lipinski definition) is 3. The molecule has 0 saturated carbocycles. The molecule has 0 radical (unpaired) electrons. The van der Waals surface area contributed by atoms with Crippen LogP contribution < -0.4 is 15.8 Å². The number of carbonyl (C=O) groups excluding carboxylic acids is 1. The minimum atomic E-state index is -0.687. The van der Waals surface area contributed by atoms with Gasteiger partial charge in [-0.3, -0.25) is 9.69 Å². The van der Waals surface area contributed by atoms with E-state index in [1.54, 1.807) is 12.1 Å². The molecule has 3 rings (SSSR count). The Labute approximate surface area is 208 Å². The summed E-state index contributed by atoms with van der Waals surface area (Å²) in [5, 5.41) is 12.7. The van der Waals surface area contributed by atoms with Gasteiger partial charge in [-0.2, -0.15) is 0 Å². The van der Waals surface area contributed by atoms with Crippen molar-refractivity contribution in [3.8, 4) is 11.5 Å². The first kappa shape index (κ1) is 26.3. The van der Waals surface area contributed by atoms with Gasteiger partial charge in [-0.25, -0.2) is 0 Å². The maximum atomic E-state index is 12.8. The number of ether oxygens (including phenoxy) is 1. The highest BCUT2D eigenvalue weighted by atomic mass is 16.5. The van der Waals surface area contributed by atoms with Gasteiger partial charge in [-0.1, -0.05) is 36.4 Å². The van der Waals surface area contributed by atoms with Crippen molar-refractivity contribution in [1.82, 2.24) is 10.2 Å². The van der Waals surface area contributed by atoms with Crippen LogP contribution in [0.3, 0.4) is 0 Å². The highest BCUT2D eigenvalue weighted by molar-refractivity contribution is 5.82. The van der Waals surface area contributed by atoms with E-state index in [4.69, 9.17) is 10.5 Å². The lowest BCUT2D eigenvalue weighted by Crippen LogP contribution is -2.42. The Morgan fingerprint density at radius 2 is 1.69 bits per heavy atom. The lowest BCUT2D eigenvalue weighted by Gasteiger charge is -2.19. The Kier molecular flexibility index (Phi) is 9.29. The number of phenolic OH excluding ortho intramolecular Hbond substituents is 1. The number of nitrogens with one attached hydrogen (secondary N) is 1. The van der Waals surface area contributed by atoms with Crippen molar-refractivity contribution in [3.63, 3.8) is 0 Å². The number of carbonyl (C=O) groups is 1. The van der Waals surface area contributed by atoms with Crippen molar-refractivity contribution in [2.45, 2.75) is 52.9 Å². The van der Waals surface area contributed by atoms with E-state index < -0.39 is 6.04 Å². The van der Waals surface area contributed by atoms with E-state index in [-0.39, 0.29) is 11.7 Å². The number of aryl methyl sites for hydroxylation is 2. The fraction of sp³-hybridized carbons (Fsp3) is 0.345. The molecule has 0 aliphatic carbocycles. The Bertz CT molecular complexity index is 1110. The molecule has 186 valence electrons. The fourth-order valence-electron chi connectivity index (χ4n) is 4.35. The van der Waals surface area contributed by atoms with Crippen LogP contribution in [0.1, 0.15) is 40.3 Å². The molecule has 0 aliphatic rings. The van der Waals surface area contributed by atoms with Gasteiger partial charge in [0, 0.05) is 25.2 Å². The molecule has 0 unspecified atom stereocenters. The van der Waals surface area contributed by atoms with Crippen molar-refractivity contribution in [2.24, 2.45) is 5.73 Å². The van der Waals surface area contributed by atoms with Gasteiger partial charge in [0.15, 0.2) is 0 Å². The molecule has 0 saturated heterocycles. The number of aromatic hydroxyl groups is 1. The molecule has 1 atom stereocenters. The summed E-state index contributed by atoms with van der Waals surface area (Å²) in [5.74, 6) is 0.770. The zero-order valence-electron chi connectivity index (χ0n) is 21.2. The van der Waals surface area contributed by atoms with Crippen LogP contribution >= 0.6 is 0 Å². The van der Waals surface area contributed by atoms with E-state index >= 15 is 0 Å². The molecule has 1 amide bonds. The molecule has 0 bridgehead atoms. The zero-order valence-corrected chi connectivity index (χ0v) is 21.2. The van der Waals surface area contributed by atoms with E-state index in [2.05, 4.69) is 53.7 Å². The van der Waals surface area contributed by atoms with Crippen LogP contribution in [0, 0.1) is 13.8 Å². The van der Waals surface area contributed by atoms with Crippen molar-refractivity contribution in [3.05, 3.63) is 94.0 Å². The lowest BCUT2D eigenvalue weighted by atomic mass is 9.96. The average Bonchev–Trinajstić information content (AvgIpc) is 2.81. The van der Waals surface area contributed by atoms with Crippen LogP contribution in [-0.4, -0.2) is 35.6 Å². The zero-order chi connectivity index (χ0) is 25.4. The summed E-state index contributed by atoms with van der Waals surface area (Å²) in [5.41, 5.74) is 12.4. The summed E-state index contributed by atoms with van der Waals surface area (Å²) >= 11 is 0. The molecule has 0 heterocycles. The Morgan fingerprint density at radius 3 is 2.34 bits per heavy atom. The van der Waals surface area contributed by atoms with Gasteiger partial charge in [0.2, 0.25) is 5.91 Å². The highest BCUT2D eigenvalue weighted by Gasteiger charge is 2.18. The van der Waals surface area contributed by atoms with Crippen LogP contribution in [0.25, 0.3) is 0 Å². The van der Waals surface area contributed by atoms with Gasteiger partial charge in [0.05, 0.1) is 12.6 Å². The number of rotatable bonds is 11. The summed E-state index contributed by atoms with van der Waals surface area (Å²) in [6, 6.07) is 19.2. The van der Waals surface area contributed by atoms with Crippen molar-refractivity contribution < 1.29 is 14.6 Å². The molecular weight excluding hydrogens is 438 g/mol. The molecule has 0 spiro atoms. The topological polar surface area (TPSA) is 87.8 Å². The first-order valence-corrected chi connectivity index (χ1v) is 12.1. The smallest absolute Gasteiger partial charge is 0.237 e. The largest absolute Gasteiger partial charge is 0.508 e.